The van der Waals surface area contributed by atoms with Gasteiger partial charge in [-0.15, -0.1) is 11.3 Å². The van der Waals surface area contributed by atoms with Crippen molar-refractivity contribution in [1.29, 1.82) is 0 Å². The van der Waals surface area contributed by atoms with Crippen LogP contribution in [0.2, 0.25) is 0 Å². The molecule has 0 radical (unpaired) electrons. The average Bonchev–Trinajstić information content (AvgIpc) is 2.82. The minimum Gasteiger partial charge on any atom is -0.467 e. The maximum Gasteiger partial charge on any atom is 0.328 e. The van der Waals surface area contributed by atoms with Crippen molar-refractivity contribution in [3.63, 3.8) is 0 Å². The van der Waals surface area contributed by atoms with Crippen molar-refractivity contribution in [2.45, 2.75) is 33.2 Å². The summed E-state index contributed by atoms with van der Waals surface area (Å²) in [6.07, 6.45) is 0.136. The number of aromatic nitrogens is 1. The second-order valence-corrected chi connectivity index (χ2v) is 5.37. The van der Waals surface area contributed by atoms with E-state index in [1.807, 2.05) is 13.8 Å². The topological polar surface area (TPSA) is 77.5 Å². The fourth-order valence-corrected chi connectivity index (χ4v) is 2.32. The highest BCUT2D eigenvalue weighted by molar-refractivity contribution is 7.13. The highest BCUT2D eigenvalue weighted by Crippen LogP contribution is 2.19. The van der Waals surface area contributed by atoms with E-state index in [0.717, 1.165) is 0 Å². The van der Waals surface area contributed by atoms with Crippen molar-refractivity contribution in [2.24, 2.45) is 5.92 Å². The molecule has 0 aliphatic rings. The van der Waals surface area contributed by atoms with Crippen LogP contribution in [0.25, 0.3) is 0 Å². The van der Waals surface area contributed by atoms with Crippen molar-refractivity contribution in [3.05, 3.63) is 11.1 Å². The Morgan fingerprint density at radius 1 is 1.45 bits per heavy atom. The Hall–Kier alpha value is -1.63. The monoisotopic (exact) mass is 300 g/mol. The number of esters is 2. The number of nitrogens with zero attached hydrogens (tertiary/aromatic N) is 1. The molecule has 1 rings (SSSR count). The predicted molar refractivity (Wildman–Crippen MR) is 76.7 cm³/mol. The van der Waals surface area contributed by atoms with Gasteiger partial charge in [0.05, 0.1) is 25.8 Å². The number of thiazole rings is 1. The van der Waals surface area contributed by atoms with E-state index in [0.29, 0.717) is 17.4 Å². The van der Waals surface area contributed by atoms with Gasteiger partial charge in [0, 0.05) is 5.38 Å². The number of carbonyl (C=O) groups is 2. The molecular weight excluding hydrogens is 280 g/mol. The fraction of sp³-hybridized carbons (Fsp3) is 0.615. The molecular formula is C13H20N2O4S. The van der Waals surface area contributed by atoms with Gasteiger partial charge in [0.1, 0.15) is 6.04 Å². The smallest absolute Gasteiger partial charge is 0.328 e. The molecule has 1 heterocycles. The molecule has 1 aromatic heterocycles. The molecule has 0 amide bonds. The second kappa shape index (κ2) is 7.84. The largest absolute Gasteiger partial charge is 0.467 e. The molecule has 1 N–H and O–H groups in total. The summed E-state index contributed by atoms with van der Waals surface area (Å²) in [5.41, 5.74) is 0.628. The van der Waals surface area contributed by atoms with Gasteiger partial charge in [-0.1, -0.05) is 13.8 Å². The van der Waals surface area contributed by atoms with E-state index < -0.39 is 6.04 Å². The van der Waals surface area contributed by atoms with Gasteiger partial charge in [-0.3, -0.25) is 4.79 Å². The van der Waals surface area contributed by atoms with Crippen molar-refractivity contribution >= 4 is 28.4 Å². The zero-order valence-electron chi connectivity index (χ0n) is 12.1. The summed E-state index contributed by atoms with van der Waals surface area (Å²) in [6, 6.07) is -0.457. The summed E-state index contributed by atoms with van der Waals surface area (Å²) >= 11 is 1.35. The van der Waals surface area contributed by atoms with Gasteiger partial charge in [-0.05, 0) is 12.8 Å². The normalized spacial score (nSPS) is 12.1. The molecule has 0 spiro atoms. The Balaban J connectivity index is 2.66. The first-order valence-corrected chi connectivity index (χ1v) is 7.30. The molecule has 1 aromatic rings. The molecule has 0 aromatic carbocycles. The van der Waals surface area contributed by atoms with Crippen LogP contribution in [-0.2, 0) is 25.5 Å². The van der Waals surface area contributed by atoms with Crippen LogP contribution in [0.3, 0.4) is 0 Å². The van der Waals surface area contributed by atoms with E-state index in [9.17, 15) is 9.59 Å². The first-order chi connectivity index (χ1) is 9.47. The zero-order chi connectivity index (χ0) is 15.1. The Morgan fingerprint density at radius 3 is 2.70 bits per heavy atom. The van der Waals surface area contributed by atoms with Gasteiger partial charge in [0.15, 0.2) is 5.13 Å². The number of carbonyl (C=O) groups excluding carboxylic acids is 2. The SMILES string of the molecule is CCOC(=O)Cc1csc(NC(C(=O)OC)C(C)C)n1. The first-order valence-electron chi connectivity index (χ1n) is 6.42. The van der Waals surface area contributed by atoms with Gasteiger partial charge >= 0.3 is 11.9 Å². The van der Waals surface area contributed by atoms with Gasteiger partial charge in [-0.25, -0.2) is 9.78 Å². The van der Waals surface area contributed by atoms with E-state index in [1.54, 1.807) is 12.3 Å². The third-order valence-corrected chi connectivity index (χ3v) is 3.41. The van der Waals surface area contributed by atoms with E-state index in [-0.39, 0.29) is 24.3 Å². The van der Waals surface area contributed by atoms with Crippen molar-refractivity contribution in [3.8, 4) is 0 Å². The summed E-state index contributed by atoms with van der Waals surface area (Å²) in [7, 11) is 1.35. The Kier molecular flexibility index (Phi) is 6.44. The van der Waals surface area contributed by atoms with E-state index in [1.165, 1.54) is 18.4 Å². The fourth-order valence-electron chi connectivity index (χ4n) is 1.57. The zero-order valence-corrected chi connectivity index (χ0v) is 13.0. The summed E-state index contributed by atoms with van der Waals surface area (Å²) < 4.78 is 9.61. The summed E-state index contributed by atoms with van der Waals surface area (Å²) in [5, 5.41) is 5.40. The van der Waals surface area contributed by atoms with Gasteiger partial charge in [-0.2, -0.15) is 0 Å². The lowest BCUT2D eigenvalue weighted by atomic mass is 10.1. The van der Waals surface area contributed by atoms with Crippen molar-refractivity contribution in [1.82, 2.24) is 4.98 Å². The summed E-state index contributed by atoms with van der Waals surface area (Å²) in [5.74, 6) is -0.570. The standard InChI is InChI=1S/C13H20N2O4S/c1-5-19-10(16)6-9-7-20-13(14-9)15-11(8(2)3)12(17)18-4/h7-8,11H,5-6H2,1-4H3,(H,14,15). The van der Waals surface area contributed by atoms with Gasteiger partial charge in [0.25, 0.3) is 0 Å². The molecule has 0 saturated heterocycles. The van der Waals surface area contributed by atoms with Crippen LogP contribution in [0, 0.1) is 5.92 Å². The lowest BCUT2D eigenvalue weighted by Gasteiger charge is -2.18. The summed E-state index contributed by atoms with van der Waals surface area (Å²) in [4.78, 5) is 27.3. The van der Waals surface area contributed by atoms with Crippen LogP contribution in [0.4, 0.5) is 5.13 Å². The molecule has 0 saturated carbocycles. The van der Waals surface area contributed by atoms with Crippen LogP contribution in [0.1, 0.15) is 26.5 Å². The highest BCUT2D eigenvalue weighted by atomic mass is 32.1. The predicted octanol–water partition coefficient (Wildman–Crippen LogP) is 1.86. The van der Waals surface area contributed by atoms with Gasteiger partial charge in [0.2, 0.25) is 0 Å². The quantitative estimate of drug-likeness (QED) is 0.774. The molecule has 1 atom stereocenters. The van der Waals surface area contributed by atoms with Crippen molar-refractivity contribution in [2.75, 3.05) is 19.0 Å². The number of nitrogens with one attached hydrogen (secondary N) is 1. The minimum atomic E-state index is -0.457. The molecule has 6 nitrogen and oxygen atoms in total. The third kappa shape index (κ3) is 4.80. The Morgan fingerprint density at radius 2 is 2.15 bits per heavy atom. The molecule has 0 fully saturated rings. The van der Waals surface area contributed by atoms with Crippen molar-refractivity contribution < 1.29 is 19.1 Å². The molecule has 112 valence electrons. The number of hydrogen-bond donors (Lipinski definition) is 1. The average molecular weight is 300 g/mol. The Bertz CT molecular complexity index is 459. The van der Waals surface area contributed by atoms with Crippen LogP contribution in [0.15, 0.2) is 5.38 Å². The first kappa shape index (κ1) is 16.4. The number of anilines is 1. The molecule has 1 unspecified atom stereocenters. The van der Waals surface area contributed by atoms with Gasteiger partial charge < -0.3 is 14.8 Å². The van der Waals surface area contributed by atoms with Crippen LogP contribution >= 0.6 is 11.3 Å². The maximum absolute atomic E-state index is 11.6. The molecule has 20 heavy (non-hydrogen) atoms. The van der Waals surface area contributed by atoms with E-state index >= 15 is 0 Å². The van der Waals surface area contributed by atoms with E-state index in [4.69, 9.17) is 9.47 Å². The molecule has 0 aliphatic heterocycles. The van der Waals surface area contributed by atoms with E-state index in [2.05, 4.69) is 10.3 Å². The number of ether oxygens (including phenoxy) is 2. The number of methoxy groups -OCH3 is 1. The molecule has 0 aliphatic carbocycles. The van der Waals surface area contributed by atoms with Crippen LogP contribution in [-0.4, -0.2) is 36.7 Å². The minimum absolute atomic E-state index is 0.0693. The molecule has 0 bridgehead atoms. The lowest BCUT2D eigenvalue weighted by Crippen LogP contribution is -2.35. The molecule has 7 heteroatoms. The second-order valence-electron chi connectivity index (χ2n) is 4.51. The maximum atomic E-state index is 11.6. The number of rotatable bonds is 7. The Labute approximate surface area is 122 Å². The lowest BCUT2D eigenvalue weighted by molar-refractivity contribution is -0.143. The summed E-state index contributed by atoms with van der Waals surface area (Å²) in [6.45, 7) is 5.95. The third-order valence-electron chi connectivity index (χ3n) is 2.58. The van der Waals surface area contributed by atoms with Crippen LogP contribution in [0.5, 0.6) is 0 Å². The van der Waals surface area contributed by atoms with Crippen LogP contribution < -0.4 is 5.32 Å². The number of hydrogen-bond acceptors (Lipinski definition) is 7. The highest BCUT2D eigenvalue weighted by Gasteiger charge is 2.23.